The lowest BCUT2D eigenvalue weighted by molar-refractivity contribution is 0.427. The van der Waals surface area contributed by atoms with Crippen LogP contribution in [-0.4, -0.2) is 14.2 Å². The Labute approximate surface area is 142 Å². The van der Waals surface area contributed by atoms with Gasteiger partial charge < -0.3 is 9.47 Å². The van der Waals surface area contributed by atoms with Gasteiger partial charge in [-0.1, -0.05) is 32.6 Å². The van der Waals surface area contributed by atoms with E-state index in [2.05, 4.69) is 38.1 Å². The van der Waals surface area contributed by atoms with Crippen molar-refractivity contribution in [1.82, 2.24) is 0 Å². The average molecular weight is 339 g/mol. The lowest BCUT2D eigenvalue weighted by Crippen LogP contribution is -2.20. The molecule has 2 aromatic heterocycles. The second-order valence-electron chi connectivity index (χ2n) is 5.79. The van der Waals surface area contributed by atoms with Gasteiger partial charge >= 0.3 is 0 Å². The van der Waals surface area contributed by atoms with E-state index < -0.39 is 0 Å². The van der Waals surface area contributed by atoms with Gasteiger partial charge in [-0.25, -0.2) is 0 Å². The standard InChI is InChI=1S/C18H26O2S2/c1-5-6-7-8-13-18(2,14-9-11-16(19-3)21-14)15-10-12-17(20-4)22-15/h9-12H,5-8,13H2,1-4H3. The summed E-state index contributed by atoms with van der Waals surface area (Å²) in [4.78, 5) is 2.76. The fourth-order valence-electron chi connectivity index (χ4n) is 2.73. The number of hydrogen-bond donors (Lipinski definition) is 0. The molecule has 0 amide bonds. The van der Waals surface area contributed by atoms with Crippen LogP contribution < -0.4 is 9.47 Å². The van der Waals surface area contributed by atoms with E-state index in [-0.39, 0.29) is 5.41 Å². The van der Waals surface area contributed by atoms with Crippen molar-refractivity contribution >= 4 is 22.7 Å². The molecule has 2 aromatic rings. The molecule has 0 aliphatic heterocycles. The third-order valence-electron chi connectivity index (χ3n) is 4.18. The summed E-state index contributed by atoms with van der Waals surface area (Å²) in [6.07, 6.45) is 6.32. The van der Waals surface area contributed by atoms with Gasteiger partial charge in [0.2, 0.25) is 0 Å². The third-order valence-corrected chi connectivity index (χ3v) is 6.80. The van der Waals surface area contributed by atoms with Crippen LogP contribution in [-0.2, 0) is 5.41 Å². The third kappa shape index (κ3) is 3.85. The van der Waals surface area contributed by atoms with Crippen LogP contribution >= 0.6 is 22.7 Å². The molecule has 0 atom stereocenters. The number of ether oxygens (including phenoxy) is 2. The van der Waals surface area contributed by atoms with Gasteiger partial charge in [0, 0.05) is 15.2 Å². The van der Waals surface area contributed by atoms with Crippen molar-refractivity contribution < 1.29 is 9.47 Å². The molecule has 0 fully saturated rings. The topological polar surface area (TPSA) is 18.5 Å². The van der Waals surface area contributed by atoms with Crippen molar-refractivity contribution in [3.63, 3.8) is 0 Å². The van der Waals surface area contributed by atoms with Gasteiger partial charge in [-0.3, -0.25) is 0 Å². The zero-order chi connectivity index (χ0) is 16.0. The summed E-state index contributed by atoms with van der Waals surface area (Å²) >= 11 is 3.52. The highest BCUT2D eigenvalue weighted by Gasteiger charge is 2.32. The van der Waals surface area contributed by atoms with Crippen LogP contribution in [0, 0.1) is 0 Å². The summed E-state index contributed by atoms with van der Waals surface area (Å²) in [5.74, 6) is 0. The first-order valence-corrected chi connectivity index (χ1v) is 9.56. The highest BCUT2D eigenvalue weighted by Crippen LogP contribution is 2.46. The summed E-state index contributed by atoms with van der Waals surface area (Å²) in [5.41, 5.74) is 0.0522. The Balaban J connectivity index is 2.26. The van der Waals surface area contributed by atoms with Crippen LogP contribution in [0.2, 0.25) is 0 Å². The van der Waals surface area contributed by atoms with E-state index in [9.17, 15) is 0 Å². The largest absolute Gasteiger partial charge is 0.487 e. The van der Waals surface area contributed by atoms with Gasteiger partial charge in [0.05, 0.1) is 14.2 Å². The van der Waals surface area contributed by atoms with Crippen LogP contribution in [0.5, 0.6) is 10.1 Å². The molecule has 0 bridgehead atoms. The maximum absolute atomic E-state index is 5.39. The highest BCUT2D eigenvalue weighted by molar-refractivity contribution is 7.15. The summed E-state index contributed by atoms with van der Waals surface area (Å²) in [6, 6.07) is 8.59. The molecule has 2 rings (SSSR count). The first-order chi connectivity index (χ1) is 10.6. The number of rotatable bonds is 9. The smallest absolute Gasteiger partial charge is 0.173 e. The minimum absolute atomic E-state index is 0.0522. The van der Waals surface area contributed by atoms with Crippen LogP contribution in [0.25, 0.3) is 0 Å². The minimum Gasteiger partial charge on any atom is -0.487 e. The van der Waals surface area contributed by atoms with E-state index in [4.69, 9.17) is 9.47 Å². The molecule has 0 saturated heterocycles. The molecule has 0 radical (unpaired) electrons. The monoisotopic (exact) mass is 338 g/mol. The van der Waals surface area contributed by atoms with Gasteiger partial charge in [-0.2, -0.15) is 0 Å². The number of hydrogen-bond acceptors (Lipinski definition) is 4. The maximum Gasteiger partial charge on any atom is 0.173 e. The van der Waals surface area contributed by atoms with Crippen molar-refractivity contribution in [2.45, 2.75) is 51.4 Å². The fraction of sp³-hybridized carbons (Fsp3) is 0.556. The summed E-state index contributed by atoms with van der Waals surface area (Å²) in [5, 5.41) is 1.97. The van der Waals surface area contributed by atoms with Gasteiger partial charge in [0.25, 0.3) is 0 Å². The fourth-order valence-corrected chi connectivity index (χ4v) is 4.81. The number of unbranched alkanes of at least 4 members (excludes halogenated alkanes) is 3. The summed E-state index contributed by atoms with van der Waals surface area (Å²) in [7, 11) is 3.48. The van der Waals surface area contributed by atoms with Crippen LogP contribution in [0.3, 0.4) is 0 Å². The van der Waals surface area contributed by atoms with Gasteiger partial charge in [-0.15, -0.1) is 22.7 Å². The molecule has 0 spiro atoms. The van der Waals surface area contributed by atoms with E-state index in [0.717, 1.165) is 10.1 Å². The second kappa shape index (κ2) is 8.02. The Morgan fingerprint density at radius 1 is 0.864 bits per heavy atom. The van der Waals surface area contributed by atoms with Crippen molar-refractivity contribution in [3.8, 4) is 10.1 Å². The quantitative estimate of drug-likeness (QED) is 0.514. The molecule has 0 aromatic carbocycles. The zero-order valence-electron chi connectivity index (χ0n) is 14.0. The Morgan fingerprint density at radius 2 is 1.41 bits per heavy atom. The van der Waals surface area contributed by atoms with E-state index in [1.54, 1.807) is 36.9 Å². The Morgan fingerprint density at radius 3 is 1.82 bits per heavy atom. The predicted molar refractivity (Wildman–Crippen MR) is 97.0 cm³/mol. The van der Waals surface area contributed by atoms with Crippen LogP contribution in [0.1, 0.15) is 55.7 Å². The minimum atomic E-state index is 0.0522. The second-order valence-corrected chi connectivity index (χ2v) is 7.88. The molecular weight excluding hydrogens is 312 g/mol. The van der Waals surface area contributed by atoms with E-state index in [0.29, 0.717) is 0 Å². The normalized spacial score (nSPS) is 11.6. The Hall–Kier alpha value is -1.00. The molecule has 4 heteroatoms. The Kier molecular flexibility index (Phi) is 6.33. The van der Waals surface area contributed by atoms with Gasteiger partial charge in [0.1, 0.15) is 0 Å². The summed E-state index contributed by atoms with van der Waals surface area (Å²) < 4.78 is 10.8. The predicted octanol–water partition coefficient (Wildman–Crippen LogP) is 6.10. The molecule has 122 valence electrons. The molecule has 0 unspecified atom stereocenters. The van der Waals surface area contributed by atoms with Crippen LogP contribution in [0.15, 0.2) is 24.3 Å². The maximum atomic E-state index is 5.39. The molecule has 22 heavy (non-hydrogen) atoms. The van der Waals surface area contributed by atoms with E-state index in [1.807, 2.05) is 0 Å². The van der Waals surface area contributed by atoms with Gasteiger partial charge in [-0.05, 0) is 37.6 Å². The van der Waals surface area contributed by atoms with Crippen LogP contribution in [0.4, 0.5) is 0 Å². The van der Waals surface area contributed by atoms with E-state index in [1.165, 1.54) is 41.9 Å². The van der Waals surface area contributed by atoms with E-state index >= 15 is 0 Å². The highest BCUT2D eigenvalue weighted by atomic mass is 32.1. The first kappa shape index (κ1) is 17.4. The number of thiophene rings is 2. The van der Waals surface area contributed by atoms with Gasteiger partial charge in [0.15, 0.2) is 10.1 Å². The van der Waals surface area contributed by atoms with Crippen molar-refractivity contribution in [3.05, 3.63) is 34.0 Å². The SMILES string of the molecule is CCCCCCC(C)(c1ccc(OC)s1)c1ccc(OC)s1. The summed E-state index contributed by atoms with van der Waals surface area (Å²) in [6.45, 7) is 4.61. The molecule has 2 nitrogen and oxygen atoms in total. The first-order valence-electron chi connectivity index (χ1n) is 7.92. The molecular formula is C18H26O2S2. The molecule has 2 heterocycles. The average Bonchev–Trinajstić information content (AvgIpc) is 3.20. The number of methoxy groups -OCH3 is 2. The van der Waals surface area contributed by atoms with Crippen molar-refractivity contribution in [2.24, 2.45) is 0 Å². The molecule has 0 N–H and O–H groups in total. The molecule has 0 saturated carbocycles. The van der Waals surface area contributed by atoms with Crippen molar-refractivity contribution in [2.75, 3.05) is 14.2 Å². The molecule has 0 aliphatic rings. The lowest BCUT2D eigenvalue weighted by Gasteiger charge is -2.27. The zero-order valence-corrected chi connectivity index (χ0v) is 15.6. The Bertz CT molecular complexity index is 529. The lowest BCUT2D eigenvalue weighted by atomic mass is 9.81. The molecule has 0 aliphatic carbocycles. The van der Waals surface area contributed by atoms with Crippen molar-refractivity contribution in [1.29, 1.82) is 0 Å².